The molecule has 1 saturated heterocycles. The van der Waals surface area contributed by atoms with Crippen LogP contribution in [-0.2, 0) is 0 Å². The average molecular weight is 290 g/mol. The van der Waals surface area contributed by atoms with Gasteiger partial charge in [0.05, 0.1) is 11.3 Å². The SMILES string of the molecule is N#Cc1cc(Cl)ccc1N(CC1CCNCC1)C1CC1. The highest BCUT2D eigenvalue weighted by atomic mass is 35.5. The zero-order chi connectivity index (χ0) is 13.9. The summed E-state index contributed by atoms with van der Waals surface area (Å²) in [6, 6.07) is 8.62. The highest BCUT2D eigenvalue weighted by Crippen LogP contribution is 2.35. The molecular formula is C16H20ClN3. The quantitative estimate of drug-likeness (QED) is 0.925. The number of anilines is 1. The van der Waals surface area contributed by atoms with Gasteiger partial charge in [0.2, 0.25) is 0 Å². The number of hydrogen-bond donors (Lipinski definition) is 1. The molecule has 1 N–H and O–H groups in total. The molecule has 3 rings (SSSR count). The lowest BCUT2D eigenvalue weighted by molar-refractivity contribution is 0.372. The molecule has 0 atom stereocenters. The lowest BCUT2D eigenvalue weighted by Crippen LogP contribution is -2.37. The summed E-state index contributed by atoms with van der Waals surface area (Å²) in [6.07, 6.45) is 4.97. The molecule has 1 aliphatic heterocycles. The number of nitrogens with one attached hydrogen (secondary N) is 1. The van der Waals surface area contributed by atoms with Gasteiger partial charge in [-0.25, -0.2) is 0 Å². The van der Waals surface area contributed by atoms with E-state index in [0.717, 1.165) is 31.2 Å². The molecule has 0 amide bonds. The highest BCUT2D eigenvalue weighted by Gasteiger charge is 2.32. The Hall–Kier alpha value is -1.24. The fourth-order valence-electron chi connectivity index (χ4n) is 3.02. The molecule has 2 aliphatic rings. The summed E-state index contributed by atoms with van der Waals surface area (Å²) in [4.78, 5) is 2.45. The van der Waals surface area contributed by atoms with E-state index in [4.69, 9.17) is 11.6 Å². The minimum absolute atomic E-state index is 0.623. The first-order valence-corrected chi connectivity index (χ1v) is 7.82. The van der Waals surface area contributed by atoms with Crippen LogP contribution in [0.4, 0.5) is 5.69 Å². The second-order valence-corrected chi connectivity index (χ2v) is 6.29. The van der Waals surface area contributed by atoms with Crippen molar-refractivity contribution < 1.29 is 0 Å². The largest absolute Gasteiger partial charge is 0.367 e. The van der Waals surface area contributed by atoms with Crippen LogP contribution >= 0.6 is 11.6 Å². The maximum atomic E-state index is 9.35. The van der Waals surface area contributed by atoms with E-state index in [-0.39, 0.29) is 0 Å². The number of rotatable bonds is 4. The molecule has 1 saturated carbocycles. The Kier molecular flexibility index (Phi) is 4.14. The van der Waals surface area contributed by atoms with E-state index in [1.165, 1.54) is 25.7 Å². The van der Waals surface area contributed by atoms with E-state index in [1.807, 2.05) is 12.1 Å². The fraction of sp³-hybridized carbons (Fsp3) is 0.562. The van der Waals surface area contributed by atoms with Crippen molar-refractivity contribution in [2.45, 2.75) is 31.7 Å². The van der Waals surface area contributed by atoms with Crippen molar-refractivity contribution in [1.82, 2.24) is 5.32 Å². The van der Waals surface area contributed by atoms with Gasteiger partial charge >= 0.3 is 0 Å². The third kappa shape index (κ3) is 3.08. The van der Waals surface area contributed by atoms with Crippen LogP contribution in [0.15, 0.2) is 18.2 Å². The van der Waals surface area contributed by atoms with E-state index in [9.17, 15) is 5.26 Å². The third-order valence-electron chi connectivity index (χ3n) is 4.29. The van der Waals surface area contributed by atoms with E-state index in [2.05, 4.69) is 16.3 Å². The maximum Gasteiger partial charge on any atom is 0.101 e. The molecule has 4 heteroatoms. The smallest absolute Gasteiger partial charge is 0.101 e. The van der Waals surface area contributed by atoms with Crippen molar-refractivity contribution in [3.8, 4) is 6.07 Å². The molecule has 3 nitrogen and oxygen atoms in total. The summed E-state index contributed by atoms with van der Waals surface area (Å²) in [5, 5.41) is 13.4. The third-order valence-corrected chi connectivity index (χ3v) is 4.52. The van der Waals surface area contributed by atoms with Crippen LogP contribution < -0.4 is 10.2 Å². The molecular weight excluding hydrogens is 270 g/mol. The van der Waals surface area contributed by atoms with Gasteiger partial charge in [0.25, 0.3) is 0 Å². The van der Waals surface area contributed by atoms with Crippen molar-refractivity contribution >= 4 is 17.3 Å². The monoisotopic (exact) mass is 289 g/mol. The highest BCUT2D eigenvalue weighted by molar-refractivity contribution is 6.30. The first-order valence-electron chi connectivity index (χ1n) is 7.45. The van der Waals surface area contributed by atoms with Gasteiger partial charge in [0, 0.05) is 17.6 Å². The van der Waals surface area contributed by atoms with Crippen LogP contribution in [0.25, 0.3) is 0 Å². The standard InChI is InChI=1S/C16H20ClN3/c17-14-1-4-16(13(9-14)10-18)20(15-2-3-15)11-12-5-7-19-8-6-12/h1,4,9,12,15,19H,2-3,5-8,11H2. The average Bonchev–Trinajstić information content (AvgIpc) is 3.31. The first-order chi connectivity index (χ1) is 9.78. The molecule has 20 heavy (non-hydrogen) atoms. The van der Waals surface area contributed by atoms with Crippen molar-refractivity contribution in [3.05, 3.63) is 28.8 Å². The lowest BCUT2D eigenvalue weighted by Gasteiger charge is -2.32. The van der Waals surface area contributed by atoms with Crippen LogP contribution in [0, 0.1) is 17.2 Å². The predicted molar refractivity (Wildman–Crippen MR) is 82.1 cm³/mol. The van der Waals surface area contributed by atoms with Crippen LogP contribution in [0.5, 0.6) is 0 Å². The van der Waals surface area contributed by atoms with Crippen molar-refractivity contribution in [2.24, 2.45) is 5.92 Å². The Morgan fingerprint density at radius 2 is 2.00 bits per heavy atom. The minimum Gasteiger partial charge on any atom is -0.367 e. The van der Waals surface area contributed by atoms with Gasteiger partial charge in [0.1, 0.15) is 6.07 Å². The zero-order valence-corrected chi connectivity index (χ0v) is 12.4. The summed E-state index contributed by atoms with van der Waals surface area (Å²) in [5.74, 6) is 0.735. The van der Waals surface area contributed by atoms with Crippen LogP contribution in [0.1, 0.15) is 31.2 Å². The first kappa shape index (κ1) is 13.7. The zero-order valence-electron chi connectivity index (χ0n) is 11.6. The second-order valence-electron chi connectivity index (χ2n) is 5.85. The fourth-order valence-corrected chi connectivity index (χ4v) is 3.19. The van der Waals surface area contributed by atoms with Gasteiger partial charge < -0.3 is 10.2 Å². The molecule has 0 aromatic heterocycles. The van der Waals surface area contributed by atoms with Crippen molar-refractivity contribution in [3.63, 3.8) is 0 Å². The summed E-state index contributed by atoms with van der Waals surface area (Å²) in [5.41, 5.74) is 1.77. The second kappa shape index (κ2) is 6.03. The molecule has 0 spiro atoms. The van der Waals surface area contributed by atoms with Gasteiger partial charge in [-0.3, -0.25) is 0 Å². The van der Waals surface area contributed by atoms with Gasteiger partial charge in [0.15, 0.2) is 0 Å². The Balaban J connectivity index is 1.81. The Morgan fingerprint density at radius 3 is 2.65 bits per heavy atom. The van der Waals surface area contributed by atoms with Crippen LogP contribution in [0.2, 0.25) is 5.02 Å². The van der Waals surface area contributed by atoms with E-state index in [1.54, 1.807) is 6.07 Å². The van der Waals surface area contributed by atoms with Gasteiger partial charge in [-0.2, -0.15) is 5.26 Å². The molecule has 1 aromatic rings. The molecule has 1 aromatic carbocycles. The summed E-state index contributed by atoms with van der Waals surface area (Å²) in [7, 11) is 0. The van der Waals surface area contributed by atoms with Crippen LogP contribution in [0.3, 0.4) is 0 Å². The number of piperidine rings is 1. The Morgan fingerprint density at radius 1 is 1.25 bits per heavy atom. The van der Waals surface area contributed by atoms with Gasteiger partial charge in [-0.1, -0.05) is 11.6 Å². The lowest BCUT2D eigenvalue weighted by atomic mass is 9.97. The van der Waals surface area contributed by atoms with E-state index in [0.29, 0.717) is 16.6 Å². The summed E-state index contributed by atoms with van der Waals surface area (Å²) in [6.45, 7) is 3.31. The van der Waals surface area contributed by atoms with Gasteiger partial charge in [-0.15, -0.1) is 0 Å². The number of nitriles is 1. The molecule has 1 heterocycles. The molecule has 2 fully saturated rings. The number of hydrogen-bond acceptors (Lipinski definition) is 3. The predicted octanol–water partition coefficient (Wildman–Crippen LogP) is 3.18. The molecule has 1 aliphatic carbocycles. The number of benzene rings is 1. The topological polar surface area (TPSA) is 39.1 Å². The van der Waals surface area contributed by atoms with Crippen molar-refractivity contribution in [1.29, 1.82) is 5.26 Å². The summed E-state index contributed by atoms with van der Waals surface area (Å²) >= 11 is 6.01. The minimum atomic E-state index is 0.623. The Bertz CT molecular complexity index is 513. The number of halogens is 1. The molecule has 0 bridgehead atoms. The van der Waals surface area contributed by atoms with Gasteiger partial charge in [-0.05, 0) is 62.9 Å². The summed E-state index contributed by atoms with van der Waals surface area (Å²) < 4.78 is 0. The molecule has 0 unspecified atom stereocenters. The van der Waals surface area contributed by atoms with E-state index < -0.39 is 0 Å². The number of nitrogens with zero attached hydrogens (tertiary/aromatic N) is 2. The van der Waals surface area contributed by atoms with Crippen molar-refractivity contribution in [2.75, 3.05) is 24.5 Å². The van der Waals surface area contributed by atoms with E-state index >= 15 is 0 Å². The molecule has 0 radical (unpaired) electrons. The Labute approximate surface area is 125 Å². The maximum absolute atomic E-state index is 9.35. The normalized spacial score (nSPS) is 19.6. The van der Waals surface area contributed by atoms with Crippen LogP contribution in [-0.4, -0.2) is 25.7 Å². The molecule has 106 valence electrons.